The number of nitrogens with zero attached hydrogens (tertiary/aromatic N) is 4. The first-order valence-corrected chi connectivity index (χ1v) is 10.1. The average molecular weight is 434 g/mol. The van der Waals surface area contributed by atoms with Crippen molar-refractivity contribution >= 4 is 40.5 Å². The van der Waals surface area contributed by atoms with Crippen LogP contribution in [0.5, 0.6) is 0 Å². The van der Waals surface area contributed by atoms with Gasteiger partial charge in [0.15, 0.2) is 17.3 Å². The highest BCUT2D eigenvalue weighted by atomic mass is 35.5. The fraction of sp³-hybridized carbons (Fsp3) is 0.400. The first kappa shape index (κ1) is 22.9. The van der Waals surface area contributed by atoms with Crippen molar-refractivity contribution in [3.05, 3.63) is 45.2 Å². The van der Waals surface area contributed by atoms with Crippen LogP contribution in [0.3, 0.4) is 0 Å². The van der Waals surface area contributed by atoms with Crippen molar-refractivity contribution in [3.8, 4) is 6.07 Å². The van der Waals surface area contributed by atoms with Crippen molar-refractivity contribution in [2.45, 2.75) is 39.2 Å². The number of piperidine rings is 1. The van der Waals surface area contributed by atoms with Gasteiger partial charge in [0.25, 0.3) is 0 Å². The Kier molecular flexibility index (Phi) is 7.42. The maximum atomic E-state index is 9.56. The van der Waals surface area contributed by atoms with E-state index in [1.165, 1.54) is 0 Å². The topological polar surface area (TPSA) is 129 Å². The molecular formula is C20H25Cl2N7. The summed E-state index contributed by atoms with van der Waals surface area (Å²) in [6, 6.07) is 7.00. The number of aromatic nitrogens is 2. The van der Waals surface area contributed by atoms with Crippen LogP contribution in [0.25, 0.3) is 0 Å². The summed E-state index contributed by atoms with van der Waals surface area (Å²) in [5.74, 6) is 0.477. The molecule has 0 unspecified atom stereocenters. The summed E-state index contributed by atoms with van der Waals surface area (Å²) in [6.45, 7) is 7.33. The van der Waals surface area contributed by atoms with Gasteiger partial charge in [0.2, 0.25) is 0 Å². The number of benzene rings is 1. The van der Waals surface area contributed by atoms with Gasteiger partial charge >= 0.3 is 0 Å². The van der Waals surface area contributed by atoms with Crippen LogP contribution in [0.2, 0.25) is 10.0 Å². The minimum Gasteiger partial charge on any atom is -0.382 e. The molecule has 1 aromatic heterocycles. The summed E-state index contributed by atoms with van der Waals surface area (Å²) < 4.78 is 0. The minimum atomic E-state index is -0.228. The van der Waals surface area contributed by atoms with Crippen LogP contribution in [-0.4, -0.2) is 34.3 Å². The molecule has 7 nitrogen and oxygen atoms in total. The second-order valence-electron chi connectivity index (χ2n) is 6.86. The van der Waals surface area contributed by atoms with Gasteiger partial charge in [-0.05, 0) is 25.8 Å². The Bertz CT molecular complexity index is 941. The number of halogens is 2. The lowest BCUT2D eigenvalue weighted by Gasteiger charge is -2.37. The van der Waals surface area contributed by atoms with Gasteiger partial charge in [-0.3, -0.25) is 5.41 Å². The van der Waals surface area contributed by atoms with Crippen molar-refractivity contribution in [2.75, 3.05) is 23.7 Å². The highest BCUT2D eigenvalue weighted by Gasteiger charge is 2.29. The van der Waals surface area contributed by atoms with Crippen LogP contribution >= 0.6 is 23.2 Å². The van der Waals surface area contributed by atoms with E-state index in [0.29, 0.717) is 29.5 Å². The number of hydrogen-bond acceptors (Lipinski definition) is 7. The van der Waals surface area contributed by atoms with Crippen LogP contribution in [0.15, 0.2) is 18.2 Å². The number of nitrogens with one attached hydrogen (secondary N) is 1. The maximum absolute atomic E-state index is 9.56. The zero-order valence-corrected chi connectivity index (χ0v) is 18.3. The first-order valence-electron chi connectivity index (χ1n) is 9.38. The Balaban J connectivity index is 0.00000145. The second-order valence-corrected chi connectivity index (χ2v) is 7.64. The molecule has 0 saturated carbocycles. The van der Waals surface area contributed by atoms with E-state index in [0.717, 1.165) is 12.8 Å². The highest BCUT2D eigenvalue weighted by Crippen LogP contribution is 2.30. The quantitative estimate of drug-likeness (QED) is 0.627. The molecule has 29 heavy (non-hydrogen) atoms. The van der Waals surface area contributed by atoms with Crippen molar-refractivity contribution in [1.29, 1.82) is 10.7 Å². The SMILES string of the molecule is CC.CC1(N)CCN(c2nc(N)c(C(=N)c3cccc(Cl)c3Cl)nc2C#N)CC1. The molecule has 0 bridgehead atoms. The minimum absolute atomic E-state index is 0.0382. The molecule has 1 aromatic carbocycles. The number of nitriles is 1. The summed E-state index contributed by atoms with van der Waals surface area (Å²) in [4.78, 5) is 10.6. The zero-order chi connectivity index (χ0) is 21.8. The van der Waals surface area contributed by atoms with E-state index in [2.05, 4.69) is 16.0 Å². The first-order chi connectivity index (χ1) is 13.7. The zero-order valence-electron chi connectivity index (χ0n) is 16.8. The number of hydrogen-bond donors (Lipinski definition) is 3. The van der Waals surface area contributed by atoms with E-state index in [-0.39, 0.29) is 33.5 Å². The number of anilines is 2. The van der Waals surface area contributed by atoms with Gasteiger partial charge in [-0.25, -0.2) is 9.97 Å². The third kappa shape index (κ3) is 4.96. The van der Waals surface area contributed by atoms with E-state index in [1.54, 1.807) is 18.2 Å². The van der Waals surface area contributed by atoms with E-state index in [9.17, 15) is 5.26 Å². The van der Waals surface area contributed by atoms with Gasteiger partial charge in [-0.2, -0.15) is 5.26 Å². The predicted octanol–water partition coefficient (Wildman–Crippen LogP) is 4.00. The van der Waals surface area contributed by atoms with Crippen molar-refractivity contribution in [1.82, 2.24) is 9.97 Å². The molecule has 0 aliphatic carbocycles. The maximum Gasteiger partial charge on any atom is 0.184 e. The smallest absolute Gasteiger partial charge is 0.184 e. The van der Waals surface area contributed by atoms with E-state index in [4.69, 9.17) is 40.1 Å². The Morgan fingerprint density at radius 1 is 1.24 bits per heavy atom. The lowest BCUT2D eigenvalue weighted by Crippen LogP contribution is -2.48. The van der Waals surface area contributed by atoms with Crippen LogP contribution < -0.4 is 16.4 Å². The highest BCUT2D eigenvalue weighted by molar-refractivity contribution is 6.44. The predicted molar refractivity (Wildman–Crippen MR) is 119 cm³/mol. The van der Waals surface area contributed by atoms with Gasteiger partial charge in [-0.15, -0.1) is 0 Å². The molecular weight excluding hydrogens is 409 g/mol. The molecule has 2 heterocycles. The van der Waals surface area contributed by atoms with E-state index >= 15 is 0 Å². The molecule has 1 aliphatic heterocycles. The van der Waals surface area contributed by atoms with Gasteiger partial charge < -0.3 is 16.4 Å². The third-order valence-electron chi connectivity index (χ3n) is 4.67. The molecule has 5 N–H and O–H groups in total. The lowest BCUT2D eigenvalue weighted by atomic mass is 9.91. The Hall–Kier alpha value is -2.40. The molecule has 0 radical (unpaired) electrons. The molecule has 3 rings (SSSR count). The summed E-state index contributed by atoms with van der Waals surface area (Å²) in [7, 11) is 0. The Morgan fingerprint density at radius 2 is 1.86 bits per heavy atom. The molecule has 154 valence electrons. The van der Waals surface area contributed by atoms with Gasteiger partial charge in [0.1, 0.15) is 11.8 Å². The van der Waals surface area contributed by atoms with Crippen molar-refractivity contribution in [3.63, 3.8) is 0 Å². The van der Waals surface area contributed by atoms with Crippen molar-refractivity contribution < 1.29 is 0 Å². The third-order valence-corrected chi connectivity index (χ3v) is 5.49. The monoisotopic (exact) mass is 433 g/mol. The summed E-state index contributed by atoms with van der Waals surface area (Å²) in [5.41, 5.74) is 12.6. The Morgan fingerprint density at radius 3 is 2.45 bits per heavy atom. The second kappa shape index (κ2) is 9.40. The fourth-order valence-corrected chi connectivity index (χ4v) is 3.37. The number of rotatable bonds is 3. The van der Waals surface area contributed by atoms with Gasteiger partial charge in [0, 0.05) is 24.2 Å². The largest absolute Gasteiger partial charge is 0.382 e. The van der Waals surface area contributed by atoms with Gasteiger partial charge in [0.05, 0.1) is 15.8 Å². The summed E-state index contributed by atoms with van der Waals surface area (Å²) >= 11 is 12.2. The molecule has 1 aliphatic rings. The molecule has 9 heteroatoms. The van der Waals surface area contributed by atoms with Crippen molar-refractivity contribution in [2.24, 2.45) is 5.73 Å². The fourth-order valence-electron chi connectivity index (χ4n) is 2.97. The normalized spacial score (nSPS) is 15.1. The van der Waals surface area contributed by atoms with Crippen LogP contribution in [0, 0.1) is 16.7 Å². The lowest BCUT2D eigenvalue weighted by molar-refractivity contribution is 0.363. The average Bonchev–Trinajstić information content (AvgIpc) is 2.71. The van der Waals surface area contributed by atoms with Crippen LogP contribution in [0.4, 0.5) is 11.6 Å². The molecule has 1 saturated heterocycles. The number of nitrogens with two attached hydrogens (primary N) is 2. The number of nitrogen functional groups attached to an aromatic ring is 1. The van der Waals surface area contributed by atoms with Crippen LogP contribution in [-0.2, 0) is 0 Å². The summed E-state index contributed by atoms with van der Waals surface area (Å²) in [5, 5.41) is 18.5. The van der Waals surface area contributed by atoms with E-state index in [1.807, 2.05) is 25.7 Å². The molecule has 0 atom stereocenters. The van der Waals surface area contributed by atoms with Gasteiger partial charge in [-0.1, -0.05) is 49.2 Å². The van der Waals surface area contributed by atoms with E-state index < -0.39 is 0 Å². The summed E-state index contributed by atoms with van der Waals surface area (Å²) in [6.07, 6.45) is 1.55. The molecule has 0 spiro atoms. The standard InChI is InChI=1S/C18H19Cl2N7.C2H6/c1-18(24)5-7-27(8-6-18)17-12(9-21)25-15(16(23)26-17)14(22)10-3-2-4-11(19)13(10)20;1-2/h2-4,22H,5-8,24H2,1H3,(H2,23,26);1-2H3. The Labute approximate surface area is 181 Å². The molecule has 0 amide bonds. The molecule has 2 aromatic rings. The molecule has 1 fully saturated rings. The van der Waals surface area contributed by atoms with Crippen LogP contribution in [0.1, 0.15) is 50.6 Å².